The minimum Gasteiger partial charge on any atom is -0.385 e. The van der Waals surface area contributed by atoms with Gasteiger partial charge in [0.2, 0.25) is 0 Å². The number of hydrogen-bond donors (Lipinski definition) is 1. The number of halogens is 1. The first-order valence-corrected chi connectivity index (χ1v) is 11.6. The summed E-state index contributed by atoms with van der Waals surface area (Å²) in [6.07, 6.45) is 1.15. The third-order valence-electron chi connectivity index (χ3n) is 5.36. The maximum atomic E-state index is 3.88. The van der Waals surface area contributed by atoms with Crippen molar-refractivity contribution in [3.8, 4) is 0 Å². The highest BCUT2D eigenvalue weighted by Crippen LogP contribution is 2.36. The van der Waals surface area contributed by atoms with E-state index in [0.29, 0.717) is 0 Å². The van der Waals surface area contributed by atoms with E-state index in [1.807, 2.05) is 6.07 Å². The van der Waals surface area contributed by atoms with Crippen LogP contribution in [0.3, 0.4) is 0 Å². The fourth-order valence-electron chi connectivity index (χ4n) is 3.58. The van der Waals surface area contributed by atoms with Crippen LogP contribution in [0.1, 0.15) is 37.0 Å². The van der Waals surface area contributed by atoms with Crippen molar-refractivity contribution in [2.24, 2.45) is 0 Å². The Morgan fingerprint density at radius 1 is 0.733 bits per heavy atom. The maximum absolute atomic E-state index is 3.88. The highest BCUT2D eigenvalue weighted by Gasteiger charge is 2.12. The molecule has 3 rings (SSSR count). The monoisotopic (exact) mass is 462 g/mol. The lowest BCUT2D eigenvalue weighted by molar-refractivity contribution is 0.303. The predicted octanol–water partition coefficient (Wildman–Crippen LogP) is 7.14. The fourth-order valence-corrected chi connectivity index (χ4v) is 4.31. The van der Waals surface area contributed by atoms with Crippen molar-refractivity contribution in [2.75, 3.05) is 31.5 Å². The second-order valence-corrected chi connectivity index (χ2v) is 8.10. The van der Waals surface area contributed by atoms with Gasteiger partial charge in [0.15, 0.2) is 0 Å². The van der Waals surface area contributed by atoms with Crippen molar-refractivity contribution >= 4 is 31.7 Å². The Labute approximate surface area is 189 Å². The van der Waals surface area contributed by atoms with Gasteiger partial charge in [0.1, 0.15) is 0 Å². The Morgan fingerprint density at radius 3 is 1.83 bits per heavy atom. The molecular weight excluding hydrogens is 432 g/mol. The van der Waals surface area contributed by atoms with E-state index in [1.165, 1.54) is 28.0 Å². The average Bonchev–Trinajstić information content (AvgIpc) is 2.81. The molecule has 0 aliphatic rings. The van der Waals surface area contributed by atoms with Crippen LogP contribution in [0.2, 0.25) is 0 Å². The van der Waals surface area contributed by atoms with Crippen LogP contribution in [0.15, 0.2) is 84.9 Å². The first kappa shape index (κ1) is 22.3. The third kappa shape index (κ3) is 6.07. The number of anilines is 1. The molecule has 2 nitrogen and oxygen atoms in total. The van der Waals surface area contributed by atoms with Crippen molar-refractivity contribution in [3.05, 3.63) is 102 Å². The van der Waals surface area contributed by atoms with Crippen LogP contribution in [-0.2, 0) is 0 Å². The molecule has 30 heavy (non-hydrogen) atoms. The summed E-state index contributed by atoms with van der Waals surface area (Å²) in [4.78, 5) is 2.46. The van der Waals surface area contributed by atoms with Crippen molar-refractivity contribution in [3.63, 3.8) is 0 Å². The second kappa shape index (κ2) is 11.7. The largest absolute Gasteiger partial charge is 0.385 e. The molecule has 0 aliphatic heterocycles. The molecule has 0 unspecified atom stereocenters. The van der Waals surface area contributed by atoms with Gasteiger partial charge in [-0.1, -0.05) is 86.6 Å². The third-order valence-corrected chi connectivity index (χ3v) is 6.21. The summed E-state index contributed by atoms with van der Waals surface area (Å²) in [5, 5.41) is 3.56. The molecule has 0 fully saturated rings. The van der Waals surface area contributed by atoms with Crippen LogP contribution in [0.5, 0.6) is 0 Å². The summed E-state index contributed by atoms with van der Waals surface area (Å²) in [5.74, 6) is 0. The van der Waals surface area contributed by atoms with Gasteiger partial charge in [0, 0.05) is 22.3 Å². The van der Waals surface area contributed by atoms with E-state index in [0.717, 1.165) is 37.1 Å². The van der Waals surface area contributed by atoms with Crippen molar-refractivity contribution in [1.29, 1.82) is 0 Å². The molecule has 1 N–H and O–H groups in total. The molecule has 0 amide bonds. The van der Waals surface area contributed by atoms with Gasteiger partial charge in [-0.25, -0.2) is 0 Å². The quantitative estimate of drug-likeness (QED) is 0.254. The average molecular weight is 463 g/mol. The molecule has 156 valence electrons. The van der Waals surface area contributed by atoms with Gasteiger partial charge in [-0.15, -0.1) is 0 Å². The van der Waals surface area contributed by atoms with Crippen LogP contribution in [0.25, 0.3) is 10.1 Å². The van der Waals surface area contributed by atoms with Gasteiger partial charge in [0.25, 0.3) is 0 Å². The first-order chi connectivity index (χ1) is 14.7. The Balaban J connectivity index is 1.79. The normalized spacial score (nSPS) is 12.0. The summed E-state index contributed by atoms with van der Waals surface area (Å²) in [5.41, 5.74) is 5.95. The standard InChI is InChI=1S/C27H31BrN2/c1-3-30(4-2)21-11-20-29-25-18-16-23(17-19-25)26(22-12-7-5-8-13-22)27(28)24-14-9-6-10-15-24/h5-10,12-19,29H,3-4,11,20-21H2,1-2H3/b27-26+. The summed E-state index contributed by atoms with van der Waals surface area (Å²) in [7, 11) is 0. The predicted molar refractivity (Wildman–Crippen MR) is 135 cm³/mol. The Hall–Kier alpha value is -2.36. The molecule has 0 saturated heterocycles. The number of benzene rings is 3. The van der Waals surface area contributed by atoms with E-state index < -0.39 is 0 Å². The van der Waals surface area contributed by atoms with Gasteiger partial charge < -0.3 is 10.2 Å². The lowest BCUT2D eigenvalue weighted by atomic mass is 9.95. The summed E-state index contributed by atoms with van der Waals surface area (Å²) < 4.78 is 1.11. The molecule has 0 heterocycles. The molecule has 0 spiro atoms. The molecule has 3 heteroatoms. The smallest absolute Gasteiger partial charge is 0.0340 e. The number of hydrogen-bond acceptors (Lipinski definition) is 2. The van der Waals surface area contributed by atoms with Crippen LogP contribution < -0.4 is 5.32 Å². The minimum atomic E-state index is 0.991. The van der Waals surface area contributed by atoms with Crippen LogP contribution in [0.4, 0.5) is 5.69 Å². The summed E-state index contributed by atoms with van der Waals surface area (Å²) >= 11 is 3.88. The zero-order valence-corrected chi connectivity index (χ0v) is 19.5. The van der Waals surface area contributed by atoms with E-state index in [9.17, 15) is 0 Å². The Bertz CT molecular complexity index is 914. The van der Waals surface area contributed by atoms with Gasteiger partial charge >= 0.3 is 0 Å². The van der Waals surface area contributed by atoms with Crippen LogP contribution >= 0.6 is 15.9 Å². The highest BCUT2D eigenvalue weighted by molar-refractivity contribution is 9.15. The van der Waals surface area contributed by atoms with E-state index in [-0.39, 0.29) is 0 Å². The lowest BCUT2D eigenvalue weighted by Gasteiger charge is -2.18. The topological polar surface area (TPSA) is 15.3 Å². The molecule has 0 atom stereocenters. The molecule has 3 aromatic rings. The van der Waals surface area contributed by atoms with Gasteiger partial charge in [-0.2, -0.15) is 0 Å². The van der Waals surface area contributed by atoms with E-state index in [4.69, 9.17) is 0 Å². The van der Waals surface area contributed by atoms with Crippen molar-refractivity contribution in [1.82, 2.24) is 4.90 Å². The molecule has 0 bridgehead atoms. The first-order valence-electron chi connectivity index (χ1n) is 10.8. The number of nitrogens with zero attached hydrogens (tertiary/aromatic N) is 1. The fraction of sp³-hybridized carbons (Fsp3) is 0.259. The van der Waals surface area contributed by atoms with Crippen LogP contribution in [-0.4, -0.2) is 31.1 Å². The molecule has 3 aromatic carbocycles. The maximum Gasteiger partial charge on any atom is 0.0340 e. The van der Waals surface area contributed by atoms with Gasteiger partial charge in [-0.3, -0.25) is 0 Å². The molecule has 0 aliphatic carbocycles. The lowest BCUT2D eigenvalue weighted by Crippen LogP contribution is -2.25. The van der Waals surface area contributed by atoms with E-state index in [1.54, 1.807) is 0 Å². The minimum absolute atomic E-state index is 0.991. The van der Waals surface area contributed by atoms with Crippen molar-refractivity contribution < 1.29 is 0 Å². The molecule has 0 radical (unpaired) electrons. The van der Waals surface area contributed by atoms with E-state index in [2.05, 4.69) is 119 Å². The SMILES string of the molecule is CCN(CC)CCCNc1ccc(/C(=C(/Br)c2ccccc2)c2ccccc2)cc1. The molecule has 0 saturated carbocycles. The number of nitrogens with one attached hydrogen (secondary N) is 1. The second-order valence-electron chi connectivity index (χ2n) is 7.31. The van der Waals surface area contributed by atoms with E-state index >= 15 is 0 Å². The zero-order chi connectivity index (χ0) is 21.2. The van der Waals surface area contributed by atoms with Crippen LogP contribution in [0, 0.1) is 0 Å². The summed E-state index contributed by atoms with van der Waals surface area (Å²) in [6, 6.07) is 29.8. The van der Waals surface area contributed by atoms with Gasteiger partial charge in [-0.05, 0) is 70.8 Å². The zero-order valence-electron chi connectivity index (χ0n) is 17.9. The highest BCUT2D eigenvalue weighted by atomic mass is 79.9. The molecular formula is C27H31BrN2. The Kier molecular flexibility index (Phi) is 8.73. The van der Waals surface area contributed by atoms with Gasteiger partial charge in [0.05, 0.1) is 0 Å². The van der Waals surface area contributed by atoms with Crippen molar-refractivity contribution in [2.45, 2.75) is 20.3 Å². The number of rotatable bonds is 10. The summed E-state index contributed by atoms with van der Waals surface area (Å²) in [6.45, 7) is 8.82. The molecule has 0 aromatic heterocycles. The Morgan fingerprint density at radius 2 is 1.27 bits per heavy atom.